The number of hydrogen-bond donors (Lipinski definition) is 0. The number of nitrogens with zero attached hydrogens (tertiary/aromatic N) is 3. The van der Waals surface area contributed by atoms with Gasteiger partial charge >= 0.3 is 0 Å². The molecule has 0 spiro atoms. The van der Waals surface area contributed by atoms with Crippen molar-refractivity contribution in [1.29, 1.82) is 0 Å². The molecule has 0 fully saturated rings. The van der Waals surface area contributed by atoms with Crippen molar-refractivity contribution >= 4 is 88.0 Å². The third-order valence-electron chi connectivity index (χ3n) is 12.0. The maximum atomic E-state index is 2.53. The molecule has 0 saturated heterocycles. The van der Waals surface area contributed by atoms with Crippen LogP contribution in [0.5, 0.6) is 0 Å². The fourth-order valence-corrected chi connectivity index (χ4v) is 10.8. The van der Waals surface area contributed by atoms with Crippen LogP contribution in [-0.2, 0) is 0 Å². The largest absolute Gasteiger partial charge is 0.309 e. The number of hydrogen-bond acceptors (Lipinski definition) is 1. The van der Waals surface area contributed by atoms with E-state index in [2.05, 4.69) is 202 Å². The summed E-state index contributed by atoms with van der Waals surface area (Å²) < 4.78 is 7.48. The molecule has 9 aromatic carbocycles. The zero-order chi connectivity index (χ0) is 36.5. The fraction of sp³-hybridized carbons (Fsp3) is 0. The van der Waals surface area contributed by atoms with Gasteiger partial charge in [-0.2, -0.15) is 0 Å². The summed E-state index contributed by atoms with van der Waals surface area (Å²) in [7, 11) is 0. The van der Waals surface area contributed by atoms with Crippen LogP contribution in [0.4, 0.5) is 0 Å². The summed E-state index contributed by atoms with van der Waals surface area (Å²) in [6.45, 7) is 0. The molecule has 4 heteroatoms. The van der Waals surface area contributed by atoms with Gasteiger partial charge in [0.05, 0.1) is 33.4 Å². The number of rotatable bonds is 3. The lowest BCUT2D eigenvalue weighted by atomic mass is 10.00. The number of fused-ring (bicyclic) bond motifs is 14. The molecule has 0 atom stereocenters. The second kappa shape index (κ2) is 11.3. The van der Waals surface area contributed by atoms with E-state index < -0.39 is 0 Å². The van der Waals surface area contributed by atoms with Crippen LogP contribution < -0.4 is 0 Å². The summed E-state index contributed by atoms with van der Waals surface area (Å²) in [5.41, 5.74) is 12.1. The van der Waals surface area contributed by atoms with E-state index in [9.17, 15) is 0 Å². The second-order valence-electron chi connectivity index (χ2n) is 14.9. The molecule has 13 rings (SSSR count). The normalized spacial score (nSPS) is 12.6. The Morgan fingerprint density at radius 1 is 0.357 bits per heavy atom. The fourth-order valence-electron chi connectivity index (χ4n) is 9.71. The molecule has 3 aromatic heterocycles. The zero-order valence-electron chi connectivity index (χ0n) is 30.1. The molecule has 4 heterocycles. The quantitative estimate of drug-likeness (QED) is 0.177. The molecule has 1 aliphatic heterocycles. The first-order chi connectivity index (χ1) is 27.8. The average molecular weight is 730 g/mol. The highest BCUT2D eigenvalue weighted by molar-refractivity contribution is 7.99. The third kappa shape index (κ3) is 3.98. The van der Waals surface area contributed by atoms with Gasteiger partial charge in [0.15, 0.2) is 0 Å². The second-order valence-corrected chi connectivity index (χ2v) is 16.0. The third-order valence-corrected chi connectivity index (χ3v) is 13.1. The molecule has 3 nitrogen and oxygen atoms in total. The van der Waals surface area contributed by atoms with Crippen LogP contribution in [0.1, 0.15) is 0 Å². The lowest BCUT2D eigenvalue weighted by molar-refractivity contribution is 1.03. The van der Waals surface area contributed by atoms with E-state index in [1.165, 1.54) is 108 Å². The van der Waals surface area contributed by atoms with E-state index in [1.54, 1.807) is 0 Å². The SMILES string of the molecule is c1ccc(-n2c3ccccc3c3c4cccc5c4n(c32)-c2ccc(-c3ccccc3-n3c4ccc6ccccc6c4c4c6ccccc6ccc43)cc2S5)cc1. The van der Waals surface area contributed by atoms with Gasteiger partial charge in [-0.05, 0) is 81.7 Å². The first-order valence-electron chi connectivity index (χ1n) is 19.2. The number of para-hydroxylation sites is 4. The molecular weight excluding hydrogens is 699 g/mol. The molecule has 0 saturated carbocycles. The maximum Gasteiger partial charge on any atom is 0.131 e. The lowest BCUT2D eigenvalue weighted by Gasteiger charge is -2.22. The standard InChI is InChI=1S/C52H31N3S/c1-2-15-35(16-3-1)53-42-23-11-9-20-39(42)48-40-21-12-24-46-51(40)55(52(48)53)43-28-27-34(31-47(43)56-46)36-17-8-10-22-41(36)54-44-29-25-32-13-4-6-18-37(32)49(44)50-38-19-7-5-14-33(38)26-30-45(50)54/h1-31H. The predicted molar refractivity (Wildman–Crippen MR) is 237 cm³/mol. The molecule has 0 aliphatic carbocycles. The average Bonchev–Trinajstić information content (AvgIpc) is 3.91. The summed E-state index contributed by atoms with van der Waals surface area (Å²) in [5.74, 6) is 0. The van der Waals surface area contributed by atoms with Crippen molar-refractivity contribution in [3.63, 3.8) is 0 Å². The van der Waals surface area contributed by atoms with Gasteiger partial charge in [-0.3, -0.25) is 9.13 Å². The molecular formula is C52H31N3S. The highest BCUT2D eigenvalue weighted by atomic mass is 32.2. The molecule has 12 aromatic rings. The van der Waals surface area contributed by atoms with E-state index in [0.717, 1.165) is 5.69 Å². The summed E-state index contributed by atoms with van der Waals surface area (Å²) in [6.07, 6.45) is 0. The van der Waals surface area contributed by atoms with E-state index in [0.29, 0.717) is 0 Å². The molecule has 0 unspecified atom stereocenters. The molecule has 0 radical (unpaired) electrons. The van der Waals surface area contributed by atoms with Crippen LogP contribution in [0, 0.1) is 0 Å². The Balaban J connectivity index is 1.08. The Kier molecular flexibility index (Phi) is 6.10. The number of benzene rings is 9. The highest BCUT2D eigenvalue weighted by Crippen LogP contribution is 2.51. The summed E-state index contributed by atoms with van der Waals surface area (Å²) in [5, 5.41) is 11.6. The highest BCUT2D eigenvalue weighted by Gasteiger charge is 2.28. The van der Waals surface area contributed by atoms with Crippen LogP contribution in [0.15, 0.2) is 198 Å². The summed E-state index contributed by atoms with van der Waals surface area (Å²) in [6, 6.07) is 69.3. The molecule has 1 aliphatic rings. The molecule has 56 heavy (non-hydrogen) atoms. The molecule has 0 N–H and O–H groups in total. The Morgan fingerprint density at radius 3 is 1.77 bits per heavy atom. The minimum atomic E-state index is 1.16. The van der Waals surface area contributed by atoms with E-state index in [-0.39, 0.29) is 0 Å². The minimum absolute atomic E-state index is 1.16. The van der Waals surface area contributed by atoms with Crippen LogP contribution in [0.2, 0.25) is 0 Å². The zero-order valence-corrected chi connectivity index (χ0v) is 31.0. The van der Waals surface area contributed by atoms with E-state index in [1.807, 2.05) is 11.8 Å². The lowest BCUT2D eigenvalue weighted by Crippen LogP contribution is -2.06. The van der Waals surface area contributed by atoms with Crippen LogP contribution in [0.3, 0.4) is 0 Å². The van der Waals surface area contributed by atoms with Gasteiger partial charge in [-0.1, -0.05) is 145 Å². The van der Waals surface area contributed by atoms with E-state index >= 15 is 0 Å². The van der Waals surface area contributed by atoms with Crippen LogP contribution in [-0.4, -0.2) is 13.7 Å². The van der Waals surface area contributed by atoms with Gasteiger partial charge in [-0.25, -0.2) is 0 Å². The van der Waals surface area contributed by atoms with Crippen molar-refractivity contribution in [3.05, 3.63) is 188 Å². The van der Waals surface area contributed by atoms with Gasteiger partial charge in [0.25, 0.3) is 0 Å². The summed E-state index contributed by atoms with van der Waals surface area (Å²) >= 11 is 1.88. The van der Waals surface area contributed by atoms with Gasteiger partial charge in [0, 0.05) is 48.0 Å². The molecule has 0 amide bonds. The Labute approximate surface area is 326 Å². The van der Waals surface area contributed by atoms with Gasteiger partial charge in [0.2, 0.25) is 0 Å². The van der Waals surface area contributed by atoms with Crippen molar-refractivity contribution in [2.75, 3.05) is 0 Å². The minimum Gasteiger partial charge on any atom is -0.309 e. The smallest absolute Gasteiger partial charge is 0.131 e. The van der Waals surface area contributed by atoms with Gasteiger partial charge < -0.3 is 4.57 Å². The first-order valence-corrected chi connectivity index (χ1v) is 20.0. The topological polar surface area (TPSA) is 14.8 Å². The van der Waals surface area contributed by atoms with Gasteiger partial charge in [0.1, 0.15) is 5.65 Å². The predicted octanol–water partition coefficient (Wildman–Crippen LogP) is 14.3. The van der Waals surface area contributed by atoms with Crippen molar-refractivity contribution in [2.45, 2.75) is 9.79 Å². The van der Waals surface area contributed by atoms with Crippen molar-refractivity contribution in [3.8, 4) is 28.2 Å². The Hall–Kier alpha value is -7.01. The molecule has 0 bridgehead atoms. The first kappa shape index (κ1) is 30.3. The van der Waals surface area contributed by atoms with Crippen molar-refractivity contribution in [1.82, 2.24) is 13.7 Å². The van der Waals surface area contributed by atoms with Crippen LogP contribution in [0.25, 0.3) is 104 Å². The Bertz CT molecular complexity index is 3530. The van der Waals surface area contributed by atoms with Crippen LogP contribution >= 0.6 is 11.8 Å². The molecule has 260 valence electrons. The monoisotopic (exact) mass is 729 g/mol. The maximum absolute atomic E-state index is 2.53. The van der Waals surface area contributed by atoms with E-state index in [4.69, 9.17) is 0 Å². The summed E-state index contributed by atoms with van der Waals surface area (Å²) in [4.78, 5) is 2.53. The van der Waals surface area contributed by atoms with Crippen molar-refractivity contribution < 1.29 is 0 Å². The van der Waals surface area contributed by atoms with Crippen molar-refractivity contribution in [2.24, 2.45) is 0 Å². The Morgan fingerprint density at radius 2 is 1.00 bits per heavy atom. The number of aromatic nitrogens is 3. The van der Waals surface area contributed by atoms with Gasteiger partial charge in [-0.15, -0.1) is 0 Å².